The maximum atomic E-state index is 12.3. The summed E-state index contributed by atoms with van der Waals surface area (Å²) < 4.78 is 5.94. The monoisotopic (exact) mass is 364 g/mol. The van der Waals surface area contributed by atoms with E-state index in [4.69, 9.17) is 4.74 Å². The summed E-state index contributed by atoms with van der Waals surface area (Å²) in [6.45, 7) is 9.37. The maximum absolute atomic E-state index is 12.3. The van der Waals surface area contributed by atoms with Crippen LogP contribution in [0.2, 0.25) is 0 Å². The molecule has 0 aromatic heterocycles. The van der Waals surface area contributed by atoms with Crippen LogP contribution in [0.3, 0.4) is 0 Å². The van der Waals surface area contributed by atoms with Gasteiger partial charge in [0.15, 0.2) is 0 Å². The molecular weight excluding hydrogens is 320 g/mol. The van der Waals surface area contributed by atoms with E-state index in [1.807, 2.05) is 0 Å². The highest BCUT2D eigenvalue weighted by Crippen LogP contribution is 2.66. The van der Waals surface area contributed by atoms with Crippen molar-refractivity contribution in [1.82, 2.24) is 0 Å². The zero-order chi connectivity index (χ0) is 19.0. The molecule has 26 heavy (non-hydrogen) atoms. The van der Waals surface area contributed by atoms with Crippen LogP contribution in [0.15, 0.2) is 0 Å². The minimum Gasteiger partial charge on any atom is -0.462 e. The normalized spacial score (nSPS) is 29.2. The molecular formula is C24H44O2. The van der Waals surface area contributed by atoms with Gasteiger partial charge in [-0.25, -0.2) is 0 Å². The highest BCUT2D eigenvalue weighted by Gasteiger charge is 2.62. The lowest BCUT2D eigenvalue weighted by Gasteiger charge is -2.38. The van der Waals surface area contributed by atoms with Crippen molar-refractivity contribution < 1.29 is 9.53 Å². The van der Waals surface area contributed by atoms with E-state index < -0.39 is 0 Å². The van der Waals surface area contributed by atoms with Crippen LogP contribution in [0.1, 0.15) is 124 Å². The molecule has 2 saturated carbocycles. The number of ether oxygens (including phenoxy) is 1. The predicted octanol–water partition coefficient (Wildman–Crippen LogP) is 7.45. The van der Waals surface area contributed by atoms with Crippen molar-refractivity contribution in [3.63, 3.8) is 0 Å². The van der Waals surface area contributed by atoms with E-state index in [1.165, 1.54) is 77.0 Å². The molecule has 0 spiro atoms. The Balaban J connectivity index is 1.48. The Bertz CT molecular complexity index is 428. The minimum atomic E-state index is 0.0514. The van der Waals surface area contributed by atoms with Crippen molar-refractivity contribution in [1.29, 1.82) is 0 Å². The first-order valence-corrected chi connectivity index (χ1v) is 11.6. The molecule has 0 aromatic carbocycles. The van der Waals surface area contributed by atoms with Gasteiger partial charge in [0.1, 0.15) is 6.10 Å². The SMILES string of the molecule is CCCCCCCCCCCCCC(=O)OC1C[C@H]2CC[C@@]1(C)C2(C)C. The lowest BCUT2D eigenvalue weighted by molar-refractivity contribution is -0.157. The van der Waals surface area contributed by atoms with Gasteiger partial charge in [-0.3, -0.25) is 4.79 Å². The molecule has 2 bridgehead atoms. The molecule has 3 atom stereocenters. The Morgan fingerprint density at radius 3 is 1.88 bits per heavy atom. The lowest BCUT2D eigenvalue weighted by Crippen LogP contribution is -2.38. The van der Waals surface area contributed by atoms with Crippen molar-refractivity contribution in [2.45, 2.75) is 130 Å². The molecule has 0 aromatic rings. The van der Waals surface area contributed by atoms with Gasteiger partial charge in [-0.15, -0.1) is 0 Å². The molecule has 0 N–H and O–H groups in total. The van der Waals surface area contributed by atoms with Gasteiger partial charge in [-0.1, -0.05) is 91.9 Å². The lowest BCUT2D eigenvalue weighted by atomic mass is 9.70. The fourth-order valence-electron chi connectivity index (χ4n) is 5.46. The summed E-state index contributed by atoms with van der Waals surface area (Å²) in [5.74, 6) is 0.794. The molecule has 2 nitrogen and oxygen atoms in total. The fourth-order valence-corrected chi connectivity index (χ4v) is 5.46. The van der Waals surface area contributed by atoms with Gasteiger partial charge < -0.3 is 4.74 Å². The third-order valence-corrected chi connectivity index (χ3v) is 7.97. The zero-order valence-electron chi connectivity index (χ0n) is 18.1. The van der Waals surface area contributed by atoms with Crippen LogP contribution in [0.5, 0.6) is 0 Å². The summed E-state index contributed by atoms with van der Waals surface area (Å²) in [7, 11) is 0. The van der Waals surface area contributed by atoms with E-state index >= 15 is 0 Å². The van der Waals surface area contributed by atoms with Crippen LogP contribution < -0.4 is 0 Å². The van der Waals surface area contributed by atoms with Gasteiger partial charge in [0.2, 0.25) is 0 Å². The average Bonchev–Trinajstić information content (AvgIpc) is 2.93. The topological polar surface area (TPSA) is 26.3 Å². The number of fused-ring (bicyclic) bond motifs is 2. The molecule has 0 aliphatic heterocycles. The van der Waals surface area contributed by atoms with E-state index in [0.717, 1.165) is 18.8 Å². The van der Waals surface area contributed by atoms with E-state index in [0.29, 0.717) is 11.8 Å². The second-order valence-corrected chi connectivity index (χ2v) is 9.87. The third kappa shape index (κ3) is 5.26. The number of hydrogen-bond acceptors (Lipinski definition) is 2. The summed E-state index contributed by atoms with van der Waals surface area (Å²) in [6.07, 6.45) is 18.9. The molecule has 2 aliphatic rings. The number of carbonyl (C=O) groups excluding carboxylic acids is 1. The number of hydrogen-bond donors (Lipinski definition) is 0. The molecule has 2 aliphatic carbocycles. The van der Waals surface area contributed by atoms with Crippen LogP contribution in [0.4, 0.5) is 0 Å². The molecule has 2 fully saturated rings. The summed E-state index contributed by atoms with van der Waals surface area (Å²) in [6, 6.07) is 0. The van der Waals surface area contributed by atoms with E-state index in [2.05, 4.69) is 27.7 Å². The molecule has 0 saturated heterocycles. The number of rotatable bonds is 13. The molecule has 0 amide bonds. The molecule has 2 rings (SSSR count). The van der Waals surface area contributed by atoms with Gasteiger partial charge >= 0.3 is 5.97 Å². The first-order valence-electron chi connectivity index (χ1n) is 11.6. The Labute approximate surface area is 162 Å². The van der Waals surface area contributed by atoms with Crippen LogP contribution in [-0.2, 0) is 9.53 Å². The Morgan fingerprint density at radius 1 is 0.885 bits per heavy atom. The Hall–Kier alpha value is -0.530. The van der Waals surface area contributed by atoms with Gasteiger partial charge in [0.05, 0.1) is 0 Å². The van der Waals surface area contributed by atoms with Crippen molar-refractivity contribution in [3.05, 3.63) is 0 Å². The standard InChI is InChI=1S/C24H44O2/c1-5-6-7-8-9-10-11-12-13-14-15-16-22(25)26-21-19-20-17-18-24(21,4)23(20,2)3/h20-21H,5-19H2,1-4H3/t20-,21?,24-/m1/s1. The quantitative estimate of drug-likeness (QED) is 0.250. The second-order valence-electron chi connectivity index (χ2n) is 9.87. The molecule has 0 heterocycles. The maximum Gasteiger partial charge on any atom is 0.306 e. The molecule has 152 valence electrons. The Kier molecular flexibility index (Phi) is 8.48. The smallest absolute Gasteiger partial charge is 0.306 e. The number of unbranched alkanes of at least 4 members (excludes halogenated alkanes) is 10. The summed E-state index contributed by atoms with van der Waals surface area (Å²) in [5.41, 5.74) is 0.527. The summed E-state index contributed by atoms with van der Waals surface area (Å²) >= 11 is 0. The average molecular weight is 365 g/mol. The second kappa shape index (κ2) is 10.1. The van der Waals surface area contributed by atoms with E-state index in [1.54, 1.807) is 0 Å². The van der Waals surface area contributed by atoms with Crippen molar-refractivity contribution in [2.75, 3.05) is 0 Å². The first-order chi connectivity index (χ1) is 12.4. The van der Waals surface area contributed by atoms with Crippen LogP contribution in [0, 0.1) is 16.7 Å². The van der Waals surface area contributed by atoms with E-state index in [9.17, 15) is 4.79 Å². The van der Waals surface area contributed by atoms with Gasteiger partial charge in [-0.05, 0) is 37.0 Å². The molecule has 0 radical (unpaired) electrons. The summed E-state index contributed by atoms with van der Waals surface area (Å²) in [5, 5.41) is 0. The predicted molar refractivity (Wildman–Crippen MR) is 110 cm³/mol. The van der Waals surface area contributed by atoms with Crippen LogP contribution in [-0.4, -0.2) is 12.1 Å². The van der Waals surface area contributed by atoms with Crippen LogP contribution >= 0.6 is 0 Å². The van der Waals surface area contributed by atoms with Crippen molar-refractivity contribution >= 4 is 5.97 Å². The highest BCUT2D eigenvalue weighted by atomic mass is 16.5. The Morgan fingerprint density at radius 2 is 1.42 bits per heavy atom. The minimum absolute atomic E-state index is 0.0514. The number of carbonyl (C=O) groups is 1. The largest absolute Gasteiger partial charge is 0.462 e. The van der Waals surface area contributed by atoms with Crippen molar-refractivity contribution in [2.24, 2.45) is 16.7 Å². The van der Waals surface area contributed by atoms with E-state index in [-0.39, 0.29) is 17.5 Å². The molecule has 1 unspecified atom stereocenters. The highest BCUT2D eigenvalue weighted by molar-refractivity contribution is 5.69. The number of esters is 1. The first kappa shape index (κ1) is 21.8. The zero-order valence-corrected chi connectivity index (χ0v) is 18.1. The fraction of sp³-hybridized carbons (Fsp3) is 0.958. The van der Waals surface area contributed by atoms with Gasteiger partial charge in [0.25, 0.3) is 0 Å². The van der Waals surface area contributed by atoms with Gasteiger partial charge in [-0.2, -0.15) is 0 Å². The summed E-state index contributed by atoms with van der Waals surface area (Å²) in [4.78, 5) is 12.3. The van der Waals surface area contributed by atoms with Crippen molar-refractivity contribution in [3.8, 4) is 0 Å². The third-order valence-electron chi connectivity index (χ3n) is 7.97. The van der Waals surface area contributed by atoms with Gasteiger partial charge in [0, 0.05) is 11.8 Å². The van der Waals surface area contributed by atoms with Crippen LogP contribution in [0.25, 0.3) is 0 Å². The molecule has 2 heteroatoms.